The second kappa shape index (κ2) is 5.38. The summed E-state index contributed by atoms with van der Waals surface area (Å²) in [7, 11) is 0. The summed E-state index contributed by atoms with van der Waals surface area (Å²) in [6.07, 6.45) is 2.38. The summed E-state index contributed by atoms with van der Waals surface area (Å²) in [5, 5.41) is 9.12. The van der Waals surface area contributed by atoms with Crippen LogP contribution in [0.4, 0.5) is 4.79 Å². The number of aliphatic carboxylic acids is 1. The first-order valence-corrected chi connectivity index (χ1v) is 7.54. The average molecular weight is 272 g/mol. The van der Waals surface area contributed by atoms with Gasteiger partial charge in [-0.15, -0.1) is 11.8 Å². The fourth-order valence-electron chi connectivity index (χ4n) is 2.09. The first kappa shape index (κ1) is 13.5. The predicted molar refractivity (Wildman–Crippen MR) is 70.5 cm³/mol. The Morgan fingerprint density at radius 1 is 1.44 bits per heavy atom. The molecular formula is C12H20N2O3S. The van der Waals surface area contributed by atoms with Crippen LogP contribution in [0.1, 0.15) is 26.7 Å². The molecule has 1 atom stereocenters. The molecule has 2 aliphatic rings. The van der Waals surface area contributed by atoms with Gasteiger partial charge in [-0.2, -0.15) is 0 Å². The van der Waals surface area contributed by atoms with Crippen molar-refractivity contribution in [3.63, 3.8) is 0 Å². The zero-order valence-corrected chi connectivity index (χ0v) is 11.7. The molecule has 1 saturated carbocycles. The van der Waals surface area contributed by atoms with Crippen LogP contribution >= 0.6 is 11.8 Å². The molecule has 1 saturated heterocycles. The smallest absolute Gasteiger partial charge is 0.327 e. The number of nitrogens with zero attached hydrogens (tertiary/aromatic N) is 2. The van der Waals surface area contributed by atoms with Gasteiger partial charge in [-0.1, -0.05) is 0 Å². The van der Waals surface area contributed by atoms with Crippen molar-refractivity contribution in [3.05, 3.63) is 0 Å². The van der Waals surface area contributed by atoms with Crippen LogP contribution in [-0.4, -0.2) is 57.2 Å². The molecule has 1 aliphatic carbocycles. The van der Waals surface area contributed by atoms with Gasteiger partial charge in [0.05, 0.1) is 5.88 Å². The van der Waals surface area contributed by atoms with Gasteiger partial charge < -0.3 is 14.9 Å². The van der Waals surface area contributed by atoms with E-state index < -0.39 is 12.0 Å². The largest absolute Gasteiger partial charge is 0.480 e. The minimum atomic E-state index is -0.900. The summed E-state index contributed by atoms with van der Waals surface area (Å²) in [6.45, 7) is 4.74. The molecule has 0 aromatic heterocycles. The molecule has 2 rings (SSSR count). The maximum absolute atomic E-state index is 12.4. The van der Waals surface area contributed by atoms with Crippen molar-refractivity contribution in [2.45, 2.75) is 38.8 Å². The number of carboxylic acid groups (broad SMARTS) is 1. The Kier molecular flexibility index (Phi) is 4.04. The van der Waals surface area contributed by atoms with E-state index in [1.807, 2.05) is 18.7 Å². The quantitative estimate of drug-likeness (QED) is 0.846. The van der Waals surface area contributed by atoms with Crippen LogP contribution in [-0.2, 0) is 4.79 Å². The van der Waals surface area contributed by atoms with E-state index in [1.54, 1.807) is 0 Å². The lowest BCUT2D eigenvalue weighted by atomic mass is 10.2. The van der Waals surface area contributed by atoms with Gasteiger partial charge in [0, 0.05) is 18.3 Å². The Bertz CT molecular complexity index is 344. The van der Waals surface area contributed by atoms with Gasteiger partial charge in [-0.05, 0) is 32.6 Å². The van der Waals surface area contributed by atoms with E-state index in [0.29, 0.717) is 17.5 Å². The monoisotopic (exact) mass is 272 g/mol. The SMILES string of the molecule is CC(C)N(CC1CC1)C(=O)N1CSCC1C(=O)O. The fraction of sp³-hybridized carbons (Fsp3) is 0.833. The van der Waals surface area contributed by atoms with Gasteiger partial charge in [0.1, 0.15) is 6.04 Å². The predicted octanol–water partition coefficient (Wildman–Crippen LogP) is 1.69. The molecule has 0 radical (unpaired) electrons. The standard InChI is InChI=1S/C12H20N2O3S/c1-8(2)13(5-9-3-4-9)12(17)14-7-18-6-10(14)11(15)16/h8-10H,3-7H2,1-2H3,(H,15,16). The van der Waals surface area contributed by atoms with E-state index in [2.05, 4.69) is 0 Å². The van der Waals surface area contributed by atoms with Gasteiger partial charge in [0.15, 0.2) is 0 Å². The molecule has 0 spiro atoms. The first-order chi connectivity index (χ1) is 8.50. The van der Waals surface area contributed by atoms with Gasteiger partial charge in [0.2, 0.25) is 0 Å². The summed E-state index contributed by atoms with van der Waals surface area (Å²) in [5.74, 6) is 0.707. The molecule has 0 aromatic carbocycles. The lowest BCUT2D eigenvalue weighted by Crippen LogP contribution is -2.51. The number of thioether (sulfide) groups is 1. The highest BCUT2D eigenvalue weighted by atomic mass is 32.2. The molecule has 18 heavy (non-hydrogen) atoms. The Morgan fingerprint density at radius 2 is 2.11 bits per heavy atom. The highest BCUT2D eigenvalue weighted by Gasteiger charge is 2.38. The minimum absolute atomic E-state index is 0.116. The minimum Gasteiger partial charge on any atom is -0.480 e. The maximum atomic E-state index is 12.4. The van der Waals surface area contributed by atoms with Crippen LogP contribution in [0.5, 0.6) is 0 Å². The fourth-order valence-corrected chi connectivity index (χ4v) is 3.23. The van der Waals surface area contributed by atoms with Crippen LogP contribution in [0.15, 0.2) is 0 Å². The molecule has 1 heterocycles. The molecule has 1 unspecified atom stereocenters. The highest BCUT2D eigenvalue weighted by Crippen LogP contribution is 2.31. The molecular weight excluding hydrogens is 252 g/mol. The van der Waals surface area contributed by atoms with Gasteiger partial charge in [-0.3, -0.25) is 0 Å². The van der Waals surface area contributed by atoms with Gasteiger partial charge in [0.25, 0.3) is 0 Å². The summed E-state index contributed by atoms with van der Waals surface area (Å²) >= 11 is 1.51. The normalized spacial score (nSPS) is 23.5. The Labute approximate surface area is 112 Å². The summed E-state index contributed by atoms with van der Waals surface area (Å²) in [5.41, 5.74) is 0. The second-order valence-electron chi connectivity index (χ2n) is 5.30. The zero-order chi connectivity index (χ0) is 13.3. The first-order valence-electron chi connectivity index (χ1n) is 6.38. The number of rotatable bonds is 4. The second-order valence-corrected chi connectivity index (χ2v) is 6.30. The Balaban J connectivity index is 2.04. The van der Waals surface area contributed by atoms with Crippen LogP contribution in [0.2, 0.25) is 0 Å². The molecule has 5 nitrogen and oxygen atoms in total. The number of carbonyl (C=O) groups is 2. The summed E-state index contributed by atoms with van der Waals surface area (Å²) in [4.78, 5) is 26.9. The van der Waals surface area contributed by atoms with Gasteiger partial charge >= 0.3 is 12.0 Å². The van der Waals surface area contributed by atoms with Crippen molar-refractivity contribution < 1.29 is 14.7 Å². The lowest BCUT2D eigenvalue weighted by molar-refractivity contribution is -0.141. The summed E-state index contributed by atoms with van der Waals surface area (Å²) < 4.78 is 0. The van der Waals surface area contributed by atoms with E-state index in [4.69, 9.17) is 5.11 Å². The van der Waals surface area contributed by atoms with Crippen LogP contribution in [0, 0.1) is 5.92 Å². The molecule has 1 N–H and O–H groups in total. The third-order valence-corrected chi connectivity index (χ3v) is 4.45. The van der Waals surface area contributed by atoms with Crippen molar-refractivity contribution in [1.29, 1.82) is 0 Å². The Hall–Kier alpha value is -0.910. The van der Waals surface area contributed by atoms with Crippen molar-refractivity contribution in [3.8, 4) is 0 Å². The topological polar surface area (TPSA) is 60.9 Å². The number of carboxylic acids is 1. The van der Waals surface area contributed by atoms with Crippen LogP contribution in [0.25, 0.3) is 0 Å². The molecule has 0 aromatic rings. The third kappa shape index (κ3) is 2.91. The molecule has 2 fully saturated rings. The third-order valence-electron chi connectivity index (χ3n) is 3.43. The molecule has 102 valence electrons. The van der Waals surface area contributed by atoms with Crippen molar-refractivity contribution in [1.82, 2.24) is 9.80 Å². The van der Waals surface area contributed by atoms with Crippen molar-refractivity contribution in [2.24, 2.45) is 5.92 Å². The van der Waals surface area contributed by atoms with Crippen molar-refractivity contribution in [2.75, 3.05) is 18.2 Å². The van der Waals surface area contributed by atoms with E-state index in [-0.39, 0.29) is 12.1 Å². The number of carbonyl (C=O) groups excluding carboxylic acids is 1. The molecule has 0 bridgehead atoms. The van der Waals surface area contributed by atoms with Crippen LogP contribution in [0.3, 0.4) is 0 Å². The van der Waals surface area contributed by atoms with Gasteiger partial charge in [-0.25, -0.2) is 9.59 Å². The van der Waals surface area contributed by atoms with Crippen LogP contribution < -0.4 is 0 Å². The highest BCUT2D eigenvalue weighted by molar-refractivity contribution is 7.99. The van der Waals surface area contributed by atoms with E-state index in [1.165, 1.54) is 29.5 Å². The van der Waals surface area contributed by atoms with Crippen molar-refractivity contribution >= 4 is 23.8 Å². The maximum Gasteiger partial charge on any atom is 0.327 e. The Morgan fingerprint density at radius 3 is 2.61 bits per heavy atom. The van der Waals surface area contributed by atoms with E-state index >= 15 is 0 Å². The number of urea groups is 1. The van der Waals surface area contributed by atoms with E-state index in [0.717, 1.165) is 6.54 Å². The van der Waals surface area contributed by atoms with E-state index in [9.17, 15) is 9.59 Å². The lowest BCUT2D eigenvalue weighted by Gasteiger charge is -2.32. The zero-order valence-electron chi connectivity index (χ0n) is 10.8. The number of hydrogen-bond donors (Lipinski definition) is 1. The average Bonchev–Trinajstić information content (AvgIpc) is 2.97. The number of amides is 2. The molecule has 6 heteroatoms. The summed E-state index contributed by atoms with van der Waals surface area (Å²) in [6, 6.07) is -0.657. The number of hydrogen-bond acceptors (Lipinski definition) is 3. The molecule has 2 amide bonds. The molecule has 1 aliphatic heterocycles.